The molecule has 208 valence electrons. The molecule has 0 spiro atoms. The van der Waals surface area contributed by atoms with E-state index >= 15 is 0 Å². The van der Waals surface area contributed by atoms with E-state index in [1.807, 2.05) is 27.0 Å². The van der Waals surface area contributed by atoms with Gasteiger partial charge in [0.2, 0.25) is 11.0 Å². The molecule has 0 aromatic carbocycles. The molecular formula is C27H38N10OS. The van der Waals surface area contributed by atoms with Crippen LogP contribution in [0.25, 0.3) is 5.65 Å². The van der Waals surface area contributed by atoms with Gasteiger partial charge in [-0.25, -0.2) is 9.97 Å². The van der Waals surface area contributed by atoms with Crippen LogP contribution in [0.15, 0.2) is 32.7 Å². The summed E-state index contributed by atoms with van der Waals surface area (Å²) in [6.45, 7) is 12.4. The second-order valence-electron chi connectivity index (χ2n) is 10.1. The second kappa shape index (κ2) is 13.0. The lowest BCUT2D eigenvalue weighted by atomic mass is 9.97. The van der Waals surface area contributed by atoms with Gasteiger partial charge in [0, 0.05) is 17.1 Å². The zero-order chi connectivity index (χ0) is 27.9. The lowest BCUT2D eigenvalue weighted by Gasteiger charge is -2.11. The van der Waals surface area contributed by atoms with Gasteiger partial charge < -0.3 is 5.11 Å². The van der Waals surface area contributed by atoms with Gasteiger partial charge in [-0.2, -0.15) is 14.7 Å². The third-order valence-corrected chi connectivity index (χ3v) is 7.52. The third-order valence-electron chi connectivity index (χ3n) is 6.48. The summed E-state index contributed by atoms with van der Waals surface area (Å²) in [5, 5.41) is 41.2. The summed E-state index contributed by atoms with van der Waals surface area (Å²) in [7, 11) is 0. The monoisotopic (exact) mass is 550 g/mol. The number of azo groups is 2. The minimum absolute atomic E-state index is 0.0284. The highest BCUT2D eigenvalue weighted by Crippen LogP contribution is 2.40. The average molecular weight is 551 g/mol. The number of unbranched alkanes of at least 4 members (excludes halogenated alkanes) is 1. The first-order valence-electron chi connectivity index (χ1n) is 13.8. The Labute approximate surface area is 232 Å². The molecule has 4 rings (SSSR count). The van der Waals surface area contributed by atoms with Gasteiger partial charge >= 0.3 is 0 Å². The lowest BCUT2D eigenvalue weighted by Crippen LogP contribution is -1.99. The number of H-pyrrole nitrogens is 1. The highest BCUT2D eigenvalue weighted by molar-refractivity contribution is 7.15. The Balaban J connectivity index is 1.76. The molecule has 2 N–H and O–H groups in total. The van der Waals surface area contributed by atoms with E-state index < -0.39 is 0 Å². The van der Waals surface area contributed by atoms with E-state index in [0.29, 0.717) is 51.7 Å². The first-order valence-corrected chi connectivity index (χ1v) is 14.6. The van der Waals surface area contributed by atoms with E-state index in [9.17, 15) is 5.11 Å². The van der Waals surface area contributed by atoms with Crippen molar-refractivity contribution in [3.05, 3.63) is 34.2 Å². The molecule has 4 heterocycles. The van der Waals surface area contributed by atoms with E-state index in [-0.39, 0.29) is 11.8 Å². The van der Waals surface area contributed by atoms with Crippen molar-refractivity contribution in [3.63, 3.8) is 0 Å². The first kappa shape index (κ1) is 28.5. The molecule has 39 heavy (non-hydrogen) atoms. The largest absolute Gasteiger partial charge is 0.492 e. The molecule has 0 radical (unpaired) electrons. The maximum absolute atomic E-state index is 11.4. The highest BCUT2D eigenvalue weighted by atomic mass is 32.1. The maximum atomic E-state index is 11.4. The van der Waals surface area contributed by atoms with Gasteiger partial charge in [-0.05, 0) is 44.4 Å². The zero-order valence-electron chi connectivity index (χ0n) is 23.6. The van der Waals surface area contributed by atoms with Gasteiger partial charge in [-0.1, -0.05) is 65.2 Å². The van der Waals surface area contributed by atoms with Crippen LogP contribution in [0.2, 0.25) is 0 Å². The van der Waals surface area contributed by atoms with Crippen LogP contribution in [0, 0.1) is 6.92 Å². The molecule has 0 amide bonds. The molecule has 0 aliphatic carbocycles. The van der Waals surface area contributed by atoms with E-state index in [4.69, 9.17) is 4.98 Å². The smallest absolute Gasteiger partial charge is 0.244 e. The predicted molar refractivity (Wildman–Crippen MR) is 154 cm³/mol. The lowest BCUT2D eigenvalue weighted by molar-refractivity contribution is 0.434. The molecule has 11 nitrogen and oxygen atoms in total. The number of aryl methyl sites for hydroxylation is 2. The van der Waals surface area contributed by atoms with Crippen LogP contribution in [-0.2, 0) is 6.42 Å². The van der Waals surface area contributed by atoms with Crippen LogP contribution in [-0.4, -0.2) is 34.9 Å². The van der Waals surface area contributed by atoms with E-state index in [0.717, 1.165) is 44.2 Å². The number of hydrogen-bond donors (Lipinski definition) is 2. The van der Waals surface area contributed by atoms with Crippen molar-refractivity contribution >= 4 is 39.3 Å². The second-order valence-corrected chi connectivity index (χ2v) is 11.1. The van der Waals surface area contributed by atoms with Crippen molar-refractivity contribution in [1.29, 1.82) is 0 Å². The molecule has 4 aromatic heterocycles. The number of aromatic hydroxyl groups is 1. The molecule has 0 fully saturated rings. The minimum atomic E-state index is -0.123. The van der Waals surface area contributed by atoms with Crippen LogP contribution >= 0.6 is 11.3 Å². The predicted octanol–water partition coefficient (Wildman–Crippen LogP) is 8.90. The normalized spacial score (nSPS) is 12.4. The van der Waals surface area contributed by atoms with Crippen molar-refractivity contribution in [2.24, 2.45) is 20.5 Å². The number of fused-ring (bicyclic) bond motifs is 1. The molecule has 0 aliphatic heterocycles. The average Bonchev–Trinajstić information content (AvgIpc) is 3.64. The summed E-state index contributed by atoms with van der Waals surface area (Å²) in [5.74, 6) is 0.929. The number of aromatic amines is 1. The maximum Gasteiger partial charge on any atom is 0.244 e. The SMILES string of the molecule is CCCCc1nc2c(/N=N/c3cc(C)n[nH]3)c(C(C)C)nn2c(O)c1/N=N/c1ncc(C(CCC)CCC)s1. The first-order chi connectivity index (χ1) is 18.9. The van der Waals surface area contributed by atoms with Crippen LogP contribution in [0.1, 0.15) is 107 Å². The Kier molecular flexibility index (Phi) is 9.50. The van der Waals surface area contributed by atoms with Crippen molar-refractivity contribution in [1.82, 2.24) is 29.8 Å². The fraction of sp³-hybridized carbons (Fsp3) is 0.556. The number of rotatable bonds is 13. The zero-order valence-corrected chi connectivity index (χ0v) is 24.5. The van der Waals surface area contributed by atoms with Gasteiger partial charge in [0.15, 0.2) is 22.8 Å². The molecule has 0 unspecified atom stereocenters. The Morgan fingerprint density at radius 1 is 1.03 bits per heavy atom. The molecule has 12 heteroatoms. The third kappa shape index (κ3) is 6.55. The molecule has 0 saturated heterocycles. The van der Waals surface area contributed by atoms with E-state index in [1.165, 1.54) is 9.39 Å². The number of nitrogens with one attached hydrogen (secondary N) is 1. The van der Waals surface area contributed by atoms with Gasteiger partial charge in [0.25, 0.3) is 0 Å². The Bertz CT molecular complexity index is 1440. The van der Waals surface area contributed by atoms with Gasteiger partial charge in [-0.15, -0.1) is 20.5 Å². The molecule has 0 atom stereocenters. The summed E-state index contributed by atoms with van der Waals surface area (Å²) >= 11 is 1.56. The summed E-state index contributed by atoms with van der Waals surface area (Å²) in [6.07, 6.45) is 8.92. The summed E-state index contributed by atoms with van der Waals surface area (Å²) < 4.78 is 1.39. The topological polar surface area (TPSA) is 141 Å². The highest BCUT2D eigenvalue weighted by Gasteiger charge is 2.24. The molecule has 0 saturated carbocycles. The molecule has 0 bridgehead atoms. The summed E-state index contributed by atoms with van der Waals surface area (Å²) in [6, 6.07) is 1.80. The summed E-state index contributed by atoms with van der Waals surface area (Å²) in [5.41, 5.74) is 3.38. The van der Waals surface area contributed by atoms with Crippen LogP contribution in [0.3, 0.4) is 0 Å². The van der Waals surface area contributed by atoms with E-state index in [1.54, 1.807) is 17.4 Å². The van der Waals surface area contributed by atoms with Crippen LogP contribution in [0.4, 0.5) is 22.3 Å². The number of nitrogens with zero attached hydrogens (tertiary/aromatic N) is 9. The summed E-state index contributed by atoms with van der Waals surface area (Å²) in [4.78, 5) is 10.6. The van der Waals surface area contributed by atoms with Crippen molar-refractivity contribution in [2.45, 2.75) is 98.3 Å². The van der Waals surface area contributed by atoms with Gasteiger partial charge in [0.1, 0.15) is 0 Å². The van der Waals surface area contributed by atoms with Crippen LogP contribution < -0.4 is 0 Å². The quantitative estimate of drug-likeness (QED) is 0.160. The van der Waals surface area contributed by atoms with Crippen molar-refractivity contribution in [2.75, 3.05) is 0 Å². The standard InChI is InChI=1S/C27H38N10OS/c1-7-10-13-19-23(33-35-27-28-15-20(39-27)18(11-8-2)12-9-3)26(38)37-25(29-19)24(22(36-37)16(4)5)34-32-21-14-17(6)30-31-21/h14-16,18,38H,7-13H2,1-6H3,(H,30,31)/b34-32+,35-33+. The Morgan fingerprint density at radius 3 is 2.41 bits per heavy atom. The number of thiazole rings is 1. The fourth-order valence-corrected chi connectivity index (χ4v) is 5.38. The number of aromatic nitrogens is 6. The Morgan fingerprint density at radius 2 is 1.77 bits per heavy atom. The Hall–Kier alpha value is -3.54. The van der Waals surface area contributed by atoms with Crippen molar-refractivity contribution < 1.29 is 5.11 Å². The molecule has 4 aromatic rings. The molecule has 0 aliphatic rings. The van der Waals surface area contributed by atoms with Gasteiger partial charge in [0.05, 0.1) is 17.1 Å². The minimum Gasteiger partial charge on any atom is -0.492 e. The fourth-order valence-electron chi connectivity index (χ4n) is 4.47. The van der Waals surface area contributed by atoms with Gasteiger partial charge in [-0.3, -0.25) is 5.10 Å². The van der Waals surface area contributed by atoms with Crippen LogP contribution in [0.5, 0.6) is 5.88 Å². The van der Waals surface area contributed by atoms with Crippen molar-refractivity contribution in [3.8, 4) is 5.88 Å². The number of hydrogen-bond acceptors (Lipinski definition) is 10. The van der Waals surface area contributed by atoms with E-state index in [2.05, 4.69) is 61.5 Å². The molecular weight excluding hydrogens is 512 g/mol.